The minimum Gasteiger partial charge on any atom is -0.399 e. The first-order valence-electron chi connectivity index (χ1n) is 7.25. The average molecular weight is 277 g/mol. The lowest BCUT2D eigenvalue weighted by Gasteiger charge is -2.27. The Bertz CT molecular complexity index is 431. The molecule has 3 N–H and O–H groups in total. The Hall–Kier alpha value is -1.55. The van der Waals surface area contributed by atoms with Crippen molar-refractivity contribution in [1.29, 1.82) is 0 Å². The van der Waals surface area contributed by atoms with E-state index in [0.29, 0.717) is 24.1 Å². The van der Waals surface area contributed by atoms with Gasteiger partial charge in [-0.15, -0.1) is 0 Å². The summed E-state index contributed by atoms with van der Waals surface area (Å²) in [7, 11) is 2.11. The Labute approximate surface area is 122 Å². The van der Waals surface area contributed by atoms with Crippen molar-refractivity contribution in [1.82, 2.24) is 4.90 Å². The summed E-state index contributed by atoms with van der Waals surface area (Å²) in [4.78, 5) is 14.1. The third kappa shape index (κ3) is 5.61. The molecule has 0 heterocycles. The molecular formula is C16H27N3O. The first-order chi connectivity index (χ1) is 9.40. The number of amides is 1. The smallest absolute Gasteiger partial charge is 0.224 e. The van der Waals surface area contributed by atoms with E-state index in [9.17, 15) is 4.79 Å². The van der Waals surface area contributed by atoms with E-state index in [1.54, 1.807) is 12.1 Å². The Balaban J connectivity index is 2.30. The molecule has 0 saturated heterocycles. The van der Waals surface area contributed by atoms with Crippen molar-refractivity contribution in [3.8, 4) is 0 Å². The number of benzene rings is 1. The van der Waals surface area contributed by atoms with E-state index in [0.717, 1.165) is 18.7 Å². The zero-order valence-corrected chi connectivity index (χ0v) is 13.0. The normalized spacial score (nSPS) is 12.7. The lowest BCUT2D eigenvalue weighted by Crippen LogP contribution is -2.34. The van der Waals surface area contributed by atoms with E-state index in [4.69, 9.17) is 5.73 Å². The maximum Gasteiger partial charge on any atom is 0.224 e. The SMILES string of the molecule is CC(C)C(C)N(C)CCCC(=O)Nc1cccc(N)c1. The van der Waals surface area contributed by atoms with E-state index >= 15 is 0 Å². The molecule has 0 aromatic heterocycles. The predicted molar refractivity (Wildman–Crippen MR) is 85.6 cm³/mol. The molecule has 0 saturated carbocycles. The fourth-order valence-electron chi connectivity index (χ4n) is 2.04. The highest BCUT2D eigenvalue weighted by atomic mass is 16.1. The van der Waals surface area contributed by atoms with Crippen LogP contribution >= 0.6 is 0 Å². The summed E-state index contributed by atoms with van der Waals surface area (Å²) in [5.74, 6) is 0.669. The highest BCUT2D eigenvalue weighted by Crippen LogP contribution is 2.13. The highest BCUT2D eigenvalue weighted by Gasteiger charge is 2.13. The van der Waals surface area contributed by atoms with Gasteiger partial charge in [-0.25, -0.2) is 0 Å². The van der Waals surface area contributed by atoms with Crippen LogP contribution in [-0.4, -0.2) is 30.4 Å². The van der Waals surface area contributed by atoms with Crippen LogP contribution in [0.5, 0.6) is 0 Å². The second-order valence-electron chi connectivity index (χ2n) is 5.74. The quantitative estimate of drug-likeness (QED) is 0.753. The third-order valence-corrected chi connectivity index (χ3v) is 3.75. The molecule has 1 unspecified atom stereocenters. The van der Waals surface area contributed by atoms with Gasteiger partial charge in [0.05, 0.1) is 0 Å². The molecule has 0 aliphatic rings. The number of carbonyl (C=O) groups excluding carboxylic acids is 1. The maximum absolute atomic E-state index is 11.8. The molecule has 1 amide bonds. The van der Waals surface area contributed by atoms with Gasteiger partial charge in [-0.3, -0.25) is 4.79 Å². The average Bonchev–Trinajstić information content (AvgIpc) is 2.37. The number of carbonyl (C=O) groups is 1. The van der Waals surface area contributed by atoms with Crippen molar-refractivity contribution in [2.75, 3.05) is 24.6 Å². The van der Waals surface area contributed by atoms with Crippen LogP contribution in [0, 0.1) is 5.92 Å². The standard InChI is InChI=1S/C16H27N3O/c1-12(2)13(3)19(4)10-6-9-16(20)18-15-8-5-7-14(17)11-15/h5,7-8,11-13H,6,9-10,17H2,1-4H3,(H,18,20). The molecule has 4 nitrogen and oxygen atoms in total. The summed E-state index contributed by atoms with van der Waals surface area (Å²) >= 11 is 0. The zero-order chi connectivity index (χ0) is 15.1. The largest absolute Gasteiger partial charge is 0.399 e. The van der Waals surface area contributed by atoms with Gasteiger partial charge < -0.3 is 16.0 Å². The van der Waals surface area contributed by atoms with Crippen molar-refractivity contribution in [3.63, 3.8) is 0 Å². The van der Waals surface area contributed by atoms with Gasteiger partial charge in [0.1, 0.15) is 0 Å². The summed E-state index contributed by atoms with van der Waals surface area (Å²) in [5, 5.41) is 2.87. The number of rotatable bonds is 7. The van der Waals surface area contributed by atoms with Gasteiger partial charge in [-0.05, 0) is 51.1 Å². The van der Waals surface area contributed by atoms with Crippen molar-refractivity contribution >= 4 is 17.3 Å². The third-order valence-electron chi connectivity index (χ3n) is 3.75. The fourth-order valence-corrected chi connectivity index (χ4v) is 2.04. The predicted octanol–water partition coefficient (Wildman–Crippen LogP) is 2.96. The molecule has 0 fully saturated rings. The summed E-state index contributed by atoms with van der Waals surface area (Å²) in [5.41, 5.74) is 7.10. The molecule has 0 spiro atoms. The lowest BCUT2D eigenvalue weighted by atomic mass is 10.1. The number of nitrogens with one attached hydrogen (secondary N) is 1. The Morgan fingerprint density at radius 3 is 2.65 bits per heavy atom. The van der Waals surface area contributed by atoms with Crippen LogP contribution in [0.25, 0.3) is 0 Å². The molecular weight excluding hydrogens is 250 g/mol. The second-order valence-corrected chi connectivity index (χ2v) is 5.74. The van der Waals surface area contributed by atoms with Crippen LogP contribution in [0.15, 0.2) is 24.3 Å². The molecule has 0 aliphatic heterocycles. The van der Waals surface area contributed by atoms with Gasteiger partial charge >= 0.3 is 0 Å². The van der Waals surface area contributed by atoms with E-state index in [1.165, 1.54) is 0 Å². The number of anilines is 2. The van der Waals surface area contributed by atoms with E-state index in [2.05, 4.69) is 38.0 Å². The van der Waals surface area contributed by atoms with Crippen molar-refractivity contribution in [2.24, 2.45) is 5.92 Å². The van der Waals surface area contributed by atoms with Crippen LogP contribution in [0.1, 0.15) is 33.6 Å². The minimum absolute atomic E-state index is 0.0428. The molecule has 0 aliphatic carbocycles. The monoisotopic (exact) mass is 277 g/mol. The van der Waals surface area contributed by atoms with Crippen molar-refractivity contribution in [2.45, 2.75) is 39.7 Å². The summed E-state index contributed by atoms with van der Waals surface area (Å²) in [6.45, 7) is 7.59. The molecule has 1 atom stereocenters. The molecule has 112 valence electrons. The zero-order valence-electron chi connectivity index (χ0n) is 13.0. The molecule has 1 aromatic rings. The maximum atomic E-state index is 11.8. The van der Waals surface area contributed by atoms with E-state index in [-0.39, 0.29) is 5.91 Å². The molecule has 0 radical (unpaired) electrons. The Kier molecular flexibility index (Phi) is 6.52. The van der Waals surface area contributed by atoms with Gasteiger partial charge in [0, 0.05) is 23.8 Å². The topological polar surface area (TPSA) is 58.4 Å². The number of nitrogens with zero attached hydrogens (tertiary/aromatic N) is 1. The fraction of sp³-hybridized carbons (Fsp3) is 0.562. The minimum atomic E-state index is 0.0428. The van der Waals surface area contributed by atoms with Crippen LogP contribution in [-0.2, 0) is 4.79 Å². The van der Waals surface area contributed by atoms with Gasteiger partial charge in [-0.2, -0.15) is 0 Å². The van der Waals surface area contributed by atoms with Gasteiger partial charge in [0.25, 0.3) is 0 Å². The number of nitrogens with two attached hydrogens (primary N) is 1. The van der Waals surface area contributed by atoms with Crippen molar-refractivity contribution < 1.29 is 4.79 Å². The number of hydrogen-bond acceptors (Lipinski definition) is 3. The van der Waals surface area contributed by atoms with Crippen LogP contribution in [0.3, 0.4) is 0 Å². The highest BCUT2D eigenvalue weighted by molar-refractivity contribution is 5.91. The van der Waals surface area contributed by atoms with E-state index < -0.39 is 0 Å². The Morgan fingerprint density at radius 1 is 1.35 bits per heavy atom. The summed E-state index contributed by atoms with van der Waals surface area (Å²) in [6, 6.07) is 7.79. The first-order valence-corrected chi connectivity index (χ1v) is 7.25. The lowest BCUT2D eigenvalue weighted by molar-refractivity contribution is -0.116. The molecule has 1 rings (SSSR count). The molecule has 20 heavy (non-hydrogen) atoms. The van der Waals surface area contributed by atoms with Crippen LogP contribution in [0.4, 0.5) is 11.4 Å². The molecule has 1 aromatic carbocycles. The van der Waals surface area contributed by atoms with Crippen LogP contribution in [0.2, 0.25) is 0 Å². The van der Waals surface area contributed by atoms with Crippen LogP contribution < -0.4 is 11.1 Å². The van der Waals surface area contributed by atoms with Gasteiger partial charge in [-0.1, -0.05) is 19.9 Å². The summed E-state index contributed by atoms with van der Waals surface area (Å²) in [6.07, 6.45) is 1.39. The number of hydrogen-bond donors (Lipinski definition) is 2. The second kappa shape index (κ2) is 7.90. The van der Waals surface area contributed by atoms with E-state index in [1.807, 2.05) is 12.1 Å². The first kappa shape index (κ1) is 16.5. The molecule has 4 heteroatoms. The van der Waals surface area contributed by atoms with Crippen molar-refractivity contribution in [3.05, 3.63) is 24.3 Å². The molecule has 0 bridgehead atoms. The number of nitrogen functional groups attached to an aromatic ring is 1. The Morgan fingerprint density at radius 2 is 2.05 bits per heavy atom. The van der Waals surface area contributed by atoms with Gasteiger partial charge in [0.15, 0.2) is 0 Å². The summed E-state index contributed by atoms with van der Waals surface area (Å²) < 4.78 is 0. The van der Waals surface area contributed by atoms with Gasteiger partial charge in [0.2, 0.25) is 5.91 Å².